The number of amides is 2. The molecule has 4 N–H and O–H groups in total. The van der Waals surface area contributed by atoms with Crippen LogP contribution >= 0.6 is 12.6 Å². The van der Waals surface area contributed by atoms with E-state index in [9.17, 15) is 14.4 Å². The molecule has 0 spiro atoms. The molecule has 70 heavy (non-hydrogen) atoms. The molecule has 4 atom stereocenters. The molecule has 0 bridgehead atoms. The van der Waals surface area contributed by atoms with Crippen molar-refractivity contribution in [3.05, 3.63) is 102 Å². The van der Waals surface area contributed by atoms with E-state index in [0.29, 0.717) is 51.9 Å². The molecule has 1 fully saturated rings. The van der Waals surface area contributed by atoms with Gasteiger partial charge in [0.25, 0.3) is 0 Å². The Kier molecular flexibility index (Phi) is 20.5. The summed E-state index contributed by atoms with van der Waals surface area (Å²) < 4.78 is 20.0. The lowest BCUT2D eigenvalue weighted by atomic mass is 9.84. The summed E-state index contributed by atoms with van der Waals surface area (Å²) >= 11 is 5.11. The molecule has 14 heteroatoms. The van der Waals surface area contributed by atoms with E-state index in [1.165, 1.54) is 11.6 Å². The number of methoxy groups -OCH3 is 1. The number of aryl methyl sites for hydroxylation is 1. The standard InChI is InChI=1S/C56H77N7O6S/c1-12-49(65)62-29-25-56(35-64,26-30-62)69-37-61(10)51(38(4)5)53(66)60-54(70)45(39(6)19-15-16-28-59-57)32-41-20-17-21-42(31-41)43-23-24-48-46(33-43)47(34-55(8,9)36-68-14-3)52(63(48)13-2)44-22-18-27-58-50(44)40(7)67-11/h3,12,17-18,20-24,27,31,33,35,38,40,45,51,54,59,70H,1,6,13,15-16,19,25-26,28-30,32,34,36-37,57H2,2,4-5,7-11H3,(H,60,66). The topological polar surface area (TPSA) is 153 Å². The minimum atomic E-state index is -1.05. The number of rotatable bonds is 27. The van der Waals surface area contributed by atoms with Crippen molar-refractivity contribution < 1.29 is 28.6 Å². The number of aromatic nitrogens is 2. The number of fused-ring (bicyclic) bond motifs is 1. The second-order valence-corrected chi connectivity index (χ2v) is 20.4. The van der Waals surface area contributed by atoms with Crippen LogP contribution in [0.5, 0.6) is 0 Å². The zero-order valence-corrected chi connectivity index (χ0v) is 43.7. The average molecular weight is 976 g/mol. The number of likely N-dealkylation sites (tertiary alicyclic amines) is 1. The number of hydrazine groups is 1. The van der Waals surface area contributed by atoms with Crippen LogP contribution < -0.4 is 16.6 Å². The Morgan fingerprint density at radius 1 is 1.10 bits per heavy atom. The number of hydrogen-bond donors (Lipinski definition) is 4. The number of carbonyl (C=O) groups excluding carboxylic acids is 3. The first-order chi connectivity index (χ1) is 33.5. The van der Waals surface area contributed by atoms with Gasteiger partial charge in [-0.2, -0.15) is 12.6 Å². The SMILES string of the molecule is C#COCC(C)(C)Cc1c(-c2cccnc2C(C)OC)n(CC)c2ccc(-c3cccc(CC(C(=C)CCCCNN)C(S)NC(=O)C(C(C)C)N(C)COC4(C=O)CCN(C(=O)C=C)CC4)c3)cc12. The molecule has 1 aliphatic rings. The number of likely N-dealkylation sites (N-methyl/N-ethyl adjacent to an activating group) is 1. The molecule has 2 aromatic carbocycles. The molecule has 2 aromatic heterocycles. The largest absolute Gasteiger partial charge is 0.446 e. The van der Waals surface area contributed by atoms with E-state index in [-0.39, 0.29) is 41.9 Å². The van der Waals surface area contributed by atoms with Gasteiger partial charge >= 0.3 is 0 Å². The van der Waals surface area contributed by atoms with Crippen molar-refractivity contribution in [3.8, 4) is 34.9 Å². The molecule has 4 aromatic rings. The molecule has 3 heterocycles. The molecule has 0 aliphatic carbocycles. The number of hydrogen-bond acceptors (Lipinski definition) is 11. The smallest absolute Gasteiger partial charge is 0.245 e. The lowest BCUT2D eigenvalue weighted by molar-refractivity contribution is -0.156. The Hall–Kier alpha value is -5.27. The molecule has 1 saturated heterocycles. The molecular weight excluding hydrogens is 899 g/mol. The minimum absolute atomic E-state index is 0.0486. The van der Waals surface area contributed by atoms with E-state index in [4.69, 9.17) is 44.1 Å². The van der Waals surface area contributed by atoms with Crippen molar-refractivity contribution in [3.63, 3.8) is 0 Å². The van der Waals surface area contributed by atoms with Gasteiger partial charge in [0.15, 0.2) is 6.29 Å². The highest BCUT2D eigenvalue weighted by Crippen LogP contribution is 2.42. The van der Waals surface area contributed by atoms with Gasteiger partial charge < -0.3 is 33.8 Å². The highest BCUT2D eigenvalue weighted by Gasteiger charge is 2.38. The molecule has 1 aliphatic heterocycles. The van der Waals surface area contributed by atoms with Gasteiger partial charge in [0.05, 0.1) is 28.9 Å². The number of terminal acetylenes is 1. The van der Waals surface area contributed by atoms with Crippen LogP contribution in [0, 0.1) is 29.8 Å². The second kappa shape index (κ2) is 25.7. The lowest BCUT2D eigenvalue weighted by Crippen LogP contribution is -2.54. The number of nitrogens with two attached hydrogens (primary N) is 1. The summed E-state index contributed by atoms with van der Waals surface area (Å²) in [5.41, 5.74) is 10.9. The van der Waals surface area contributed by atoms with E-state index < -0.39 is 17.0 Å². The number of nitrogens with one attached hydrogen (secondary N) is 2. The van der Waals surface area contributed by atoms with E-state index in [0.717, 1.165) is 82.2 Å². The van der Waals surface area contributed by atoms with Crippen LogP contribution in [-0.2, 0) is 48.0 Å². The van der Waals surface area contributed by atoms with Crippen molar-refractivity contribution >= 4 is 41.6 Å². The maximum atomic E-state index is 14.3. The monoisotopic (exact) mass is 976 g/mol. The number of benzene rings is 2. The third-order valence-corrected chi connectivity index (χ3v) is 14.2. The number of pyridine rings is 1. The summed E-state index contributed by atoms with van der Waals surface area (Å²) in [6, 6.07) is 18.8. The first-order valence-corrected chi connectivity index (χ1v) is 25.1. The molecule has 2 amide bonds. The highest BCUT2D eigenvalue weighted by molar-refractivity contribution is 7.81. The van der Waals surface area contributed by atoms with Gasteiger partial charge in [0.2, 0.25) is 11.8 Å². The number of ether oxygens (including phenoxy) is 3. The number of thiol groups is 1. The normalized spacial score (nSPS) is 15.6. The first kappa shape index (κ1) is 55.7. The molecule has 4 unspecified atom stereocenters. The van der Waals surface area contributed by atoms with Gasteiger partial charge in [-0.3, -0.25) is 30.7 Å². The molecule has 378 valence electrons. The van der Waals surface area contributed by atoms with E-state index in [1.807, 2.05) is 45.0 Å². The van der Waals surface area contributed by atoms with Gasteiger partial charge in [0, 0.05) is 80.1 Å². The zero-order chi connectivity index (χ0) is 51.2. The van der Waals surface area contributed by atoms with Crippen LogP contribution in [0.25, 0.3) is 33.3 Å². The Balaban J connectivity index is 1.46. The fourth-order valence-corrected chi connectivity index (χ4v) is 10.2. The van der Waals surface area contributed by atoms with Crippen LogP contribution in [0.15, 0.2) is 85.6 Å². The van der Waals surface area contributed by atoms with Crippen molar-refractivity contribution in [2.24, 2.45) is 23.1 Å². The van der Waals surface area contributed by atoms with E-state index in [2.05, 4.69) is 104 Å². The quantitative estimate of drug-likeness (QED) is 0.00526. The predicted molar refractivity (Wildman–Crippen MR) is 284 cm³/mol. The Labute approximate surface area is 422 Å². The summed E-state index contributed by atoms with van der Waals surface area (Å²) in [6.07, 6.45) is 16.2. The highest BCUT2D eigenvalue weighted by atomic mass is 32.1. The summed E-state index contributed by atoms with van der Waals surface area (Å²) in [7, 11) is 3.53. The fourth-order valence-electron chi connectivity index (χ4n) is 9.80. The predicted octanol–water partition coefficient (Wildman–Crippen LogP) is 8.67. The van der Waals surface area contributed by atoms with E-state index >= 15 is 0 Å². The molecule has 0 saturated carbocycles. The number of nitrogens with zero attached hydrogens (tertiary/aromatic N) is 4. The van der Waals surface area contributed by atoms with E-state index in [1.54, 1.807) is 12.0 Å². The number of aldehydes is 1. The van der Waals surface area contributed by atoms with Gasteiger partial charge in [-0.1, -0.05) is 83.2 Å². The van der Waals surface area contributed by atoms with Crippen molar-refractivity contribution in [1.82, 2.24) is 30.1 Å². The number of unbranched alkanes of at least 4 members (excludes halogenated alkanes) is 1. The third kappa shape index (κ3) is 13.8. The van der Waals surface area contributed by atoms with Crippen molar-refractivity contribution in [2.75, 3.05) is 47.1 Å². The number of carbonyl (C=O) groups is 3. The number of piperidine rings is 1. The molecule has 0 radical (unpaired) electrons. The zero-order valence-electron chi connectivity index (χ0n) is 42.8. The maximum absolute atomic E-state index is 14.3. The van der Waals surface area contributed by atoms with Crippen LogP contribution in [-0.4, -0.2) is 102 Å². The lowest BCUT2D eigenvalue weighted by Gasteiger charge is -2.40. The van der Waals surface area contributed by atoms with Crippen LogP contribution in [0.1, 0.15) is 96.6 Å². The van der Waals surface area contributed by atoms with Gasteiger partial charge in [-0.25, -0.2) is 0 Å². The molecular formula is C56H77N7O6S. The van der Waals surface area contributed by atoms with Crippen LogP contribution in [0.4, 0.5) is 0 Å². The summed E-state index contributed by atoms with van der Waals surface area (Å²) in [5.74, 6) is 4.92. The Morgan fingerprint density at radius 3 is 2.47 bits per heavy atom. The molecule has 5 rings (SSSR count). The first-order valence-electron chi connectivity index (χ1n) is 24.6. The minimum Gasteiger partial charge on any atom is -0.446 e. The third-order valence-electron chi connectivity index (χ3n) is 13.7. The van der Waals surface area contributed by atoms with Gasteiger partial charge in [-0.15, -0.1) is 0 Å². The average Bonchev–Trinajstić information content (AvgIpc) is 3.66. The summed E-state index contributed by atoms with van der Waals surface area (Å²) in [5, 5.41) is 3.83. The second-order valence-electron chi connectivity index (χ2n) is 19.8. The van der Waals surface area contributed by atoms with Crippen LogP contribution in [0.3, 0.4) is 0 Å². The van der Waals surface area contributed by atoms with Crippen molar-refractivity contribution in [2.45, 2.75) is 116 Å². The summed E-state index contributed by atoms with van der Waals surface area (Å²) in [4.78, 5) is 47.2. The maximum Gasteiger partial charge on any atom is 0.245 e. The fraction of sp³-hybridized carbons (Fsp3) is 0.500. The Morgan fingerprint density at radius 2 is 1.83 bits per heavy atom. The Bertz CT molecular complexity index is 2470. The summed E-state index contributed by atoms with van der Waals surface area (Å²) in [6.45, 7) is 23.3. The molecule has 13 nitrogen and oxygen atoms in total. The van der Waals surface area contributed by atoms with Gasteiger partial charge in [-0.05, 0) is 112 Å². The van der Waals surface area contributed by atoms with Crippen LogP contribution in [0.2, 0.25) is 0 Å². The van der Waals surface area contributed by atoms with Crippen molar-refractivity contribution in [1.29, 1.82) is 0 Å². The van der Waals surface area contributed by atoms with Gasteiger partial charge in [0.1, 0.15) is 25.0 Å².